The van der Waals surface area contributed by atoms with Crippen molar-refractivity contribution in [1.29, 1.82) is 0 Å². The van der Waals surface area contributed by atoms with Crippen molar-refractivity contribution in [3.05, 3.63) is 71.3 Å². The second-order valence-corrected chi connectivity index (χ2v) is 7.47. The van der Waals surface area contributed by atoms with Gasteiger partial charge in [-0.3, -0.25) is 4.99 Å². The third-order valence-corrected chi connectivity index (χ3v) is 5.01. The molecule has 0 radical (unpaired) electrons. The van der Waals surface area contributed by atoms with Gasteiger partial charge in [0.1, 0.15) is 0 Å². The summed E-state index contributed by atoms with van der Waals surface area (Å²) in [6.45, 7) is 1.30. The number of sulfonamides is 1. The molecule has 25 heavy (non-hydrogen) atoms. The van der Waals surface area contributed by atoms with E-state index in [2.05, 4.69) is 32.5 Å². The van der Waals surface area contributed by atoms with Gasteiger partial charge in [0.15, 0.2) is 5.96 Å². The predicted octanol–water partition coefficient (Wildman–Crippen LogP) is 1.60. The summed E-state index contributed by atoms with van der Waals surface area (Å²) in [5, 5.41) is 6.50. The normalized spacial score (nSPS) is 12.0. The Bertz CT molecular complexity index is 788. The van der Waals surface area contributed by atoms with Crippen molar-refractivity contribution in [2.24, 2.45) is 4.99 Å². The molecule has 0 spiro atoms. The summed E-state index contributed by atoms with van der Waals surface area (Å²) in [5.41, 5.74) is 2.98. The Hall–Kier alpha value is -2.38. The summed E-state index contributed by atoms with van der Waals surface area (Å²) in [6.07, 6.45) is 0. The van der Waals surface area contributed by atoms with Crippen LogP contribution < -0.4 is 15.4 Å². The molecule has 0 aromatic heterocycles. The molecular weight excluding hydrogens is 336 g/mol. The van der Waals surface area contributed by atoms with E-state index < -0.39 is 10.0 Å². The van der Waals surface area contributed by atoms with Crippen LogP contribution in [0.25, 0.3) is 0 Å². The Balaban J connectivity index is 1.85. The smallest absolute Gasteiger partial charge is 0.215 e. The molecule has 2 aromatic carbocycles. The molecule has 2 aromatic rings. The Labute approximate surface area is 149 Å². The van der Waals surface area contributed by atoms with E-state index >= 15 is 0 Å². The molecule has 3 N–H and O–H groups in total. The highest BCUT2D eigenvalue weighted by molar-refractivity contribution is 7.88. The fourth-order valence-electron chi connectivity index (χ4n) is 2.23. The van der Waals surface area contributed by atoms with Crippen molar-refractivity contribution in [3.63, 3.8) is 0 Å². The molecule has 0 aliphatic carbocycles. The minimum Gasteiger partial charge on any atom is -0.352 e. The van der Waals surface area contributed by atoms with Crippen LogP contribution >= 0.6 is 0 Å². The fourth-order valence-corrected chi connectivity index (χ4v) is 3.01. The number of rotatable bonds is 7. The van der Waals surface area contributed by atoms with Crippen LogP contribution in [0.2, 0.25) is 0 Å². The summed E-state index contributed by atoms with van der Waals surface area (Å²) in [6, 6.07) is 17.6. The van der Waals surface area contributed by atoms with E-state index in [-0.39, 0.29) is 5.75 Å². The monoisotopic (exact) mass is 360 g/mol. The van der Waals surface area contributed by atoms with Crippen LogP contribution in [-0.2, 0) is 28.9 Å². The molecule has 0 unspecified atom stereocenters. The Morgan fingerprint density at radius 1 is 0.880 bits per heavy atom. The molecular formula is C18H24N4O2S. The van der Waals surface area contributed by atoms with Gasteiger partial charge in [-0.15, -0.1) is 0 Å². The number of nitrogens with zero attached hydrogens (tertiary/aromatic N) is 1. The third kappa shape index (κ3) is 6.56. The summed E-state index contributed by atoms with van der Waals surface area (Å²) in [4.78, 5) is 4.20. The van der Waals surface area contributed by atoms with Crippen LogP contribution in [-0.4, -0.2) is 28.5 Å². The Morgan fingerprint density at radius 3 is 1.92 bits per heavy atom. The first-order valence-electron chi connectivity index (χ1n) is 8.00. The number of nitrogens with one attached hydrogen (secondary N) is 3. The van der Waals surface area contributed by atoms with Crippen molar-refractivity contribution in [1.82, 2.24) is 15.4 Å². The number of guanidine groups is 1. The molecule has 0 amide bonds. The van der Waals surface area contributed by atoms with Crippen LogP contribution in [0.4, 0.5) is 0 Å². The second-order valence-electron chi connectivity index (χ2n) is 5.54. The van der Waals surface area contributed by atoms with Gasteiger partial charge in [-0.2, -0.15) is 0 Å². The van der Waals surface area contributed by atoms with Crippen LogP contribution in [0.1, 0.15) is 16.7 Å². The molecule has 7 heteroatoms. The molecule has 0 saturated heterocycles. The lowest BCUT2D eigenvalue weighted by Crippen LogP contribution is -2.36. The van der Waals surface area contributed by atoms with Gasteiger partial charge in [0.05, 0.1) is 5.75 Å². The molecule has 0 aliphatic heterocycles. The van der Waals surface area contributed by atoms with Crippen molar-refractivity contribution < 1.29 is 8.42 Å². The minimum absolute atomic E-state index is 0.0164. The zero-order valence-corrected chi connectivity index (χ0v) is 15.3. The molecule has 0 heterocycles. The molecule has 0 aliphatic rings. The highest BCUT2D eigenvalue weighted by atomic mass is 32.2. The van der Waals surface area contributed by atoms with Crippen LogP contribution in [0.15, 0.2) is 59.6 Å². The van der Waals surface area contributed by atoms with Gasteiger partial charge in [0.2, 0.25) is 10.0 Å². The van der Waals surface area contributed by atoms with Crippen molar-refractivity contribution in [2.45, 2.75) is 18.8 Å². The van der Waals surface area contributed by atoms with Gasteiger partial charge in [0.25, 0.3) is 0 Å². The standard InChI is InChI=1S/C18H24N4O2S/c1-19-18(21-12-15-6-4-3-5-7-15)22-13-16-8-10-17(11-9-16)14-25(23,24)20-2/h3-11,20H,12-14H2,1-2H3,(H2,19,21,22). The number of aliphatic imine (C=N–C) groups is 1. The van der Waals surface area contributed by atoms with Gasteiger partial charge in [0, 0.05) is 20.1 Å². The summed E-state index contributed by atoms with van der Waals surface area (Å²) in [5.74, 6) is 0.697. The Morgan fingerprint density at radius 2 is 1.40 bits per heavy atom. The first kappa shape index (κ1) is 19.0. The van der Waals surface area contributed by atoms with Gasteiger partial charge < -0.3 is 10.6 Å². The fraction of sp³-hybridized carbons (Fsp3) is 0.278. The average Bonchev–Trinajstić information content (AvgIpc) is 2.64. The largest absolute Gasteiger partial charge is 0.352 e. The van der Waals surface area contributed by atoms with Gasteiger partial charge in [-0.05, 0) is 23.7 Å². The van der Waals surface area contributed by atoms with Crippen LogP contribution in [0.3, 0.4) is 0 Å². The molecule has 134 valence electrons. The lowest BCUT2D eigenvalue weighted by molar-refractivity contribution is 0.587. The van der Waals surface area contributed by atoms with Gasteiger partial charge >= 0.3 is 0 Å². The van der Waals surface area contributed by atoms with Crippen molar-refractivity contribution in [3.8, 4) is 0 Å². The minimum atomic E-state index is -3.24. The summed E-state index contributed by atoms with van der Waals surface area (Å²) in [7, 11) is -0.0970. The molecule has 0 atom stereocenters. The highest BCUT2D eigenvalue weighted by Crippen LogP contribution is 2.07. The predicted molar refractivity (Wildman–Crippen MR) is 102 cm³/mol. The summed E-state index contributed by atoms with van der Waals surface area (Å²) < 4.78 is 25.4. The van der Waals surface area contributed by atoms with E-state index in [1.807, 2.05) is 42.5 Å². The van der Waals surface area contributed by atoms with E-state index in [9.17, 15) is 8.42 Å². The summed E-state index contributed by atoms with van der Waals surface area (Å²) >= 11 is 0. The number of benzene rings is 2. The van der Waals surface area contributed by atoms with E-state index in [0.29, 0.717) is 19.0 Å². The topological polar surface area (TPSA) is 82.6 Å². The first-order chi connectivity index (χ1) is 12.0. The lowest BCUT2D eigenvalue weighted by Gasteiger charge is -2.12. The first-order valence-corrected chi connectivity index (χ1v) is 9.65. The SMILES string of the molecule is CN=C(NCc1ccccc1)NCc1ccc(CS(=O)(=O)NC)cc1. The van der Waals surface area contributed by atoms with E-state index in [4.69, 9.17) is 0 Å². The molecule has 0 saturated carbocycles. The zero-order chi connectivity index (χ0) is 18.1. The van der Waals surface area contributed by atoms with E-state index in [0.717, 1.165) is 11.1 Å². The zero-order valence-electron chi connectivity index (χ0n) is 14.5. The Kier molecular flexibility index (Phi) is 6.97. The molecule has 2 rings (SSSR count). The van der Waals surface area contributed by atoms with Crippen molar-refractivity contribution >= 4 is 16.0 Å². The third-order valence-electron chi connectivity index (χ3n) is 3.68. The second kappa shape index (κ2) is 9.19. The van der Waals surface area contributed by atoms with Gasteiger partial charge in [-0.25, -0.2) is 13.1 Å². The maximum atomic E-state index is 11.5. The van der Waals surface area contributed by atoms with Crippen molar-refractivity contribution in [2.75, 3.05) is 14.1 Å². The molecule has 0 fully saturated rings. The maximum absolute atomic E-state index is 11.5. The van der Waals surface area contributed by atoms with Gasteiger partial charge in [-0.1, -0.05) is 54.6 Å². The van der Waals surface area contributed by atoms with E-state index in [1.165, 1.54) is 12.6 Å². The number of hydrogen-bond donors (Lipinski definition) is 3. The molecule has 0 bridgehead atoms. The van der Waals surface area contributed by atoms with Crippen LogP contribution in [0, 0.1) is 0 Å². The average molecular weight is 360 g/mol. The quantitative estimate of drug-likeness (QED) is 0.517. The maximum Gasteiger partial charge on any atom is 0.215 e. The lowest BCUT2D eigenvalue weighted by atomic mass is 10.1. The highest BCUT2D eigenvalue weighted by Gasteiger charge is 2.08. The number of hydrogen-bond acceptors (Lipinski definition) is 3. The molecule has 6 nitrogen and oxygen atoms in total. The van der Waals surface area contributed by atoms with E-state index in [1.54, 1.807) is 7.05 Å². The van der Waals surface area contributed by atoms with Crippen LogP contribution in [0.5, 0.6) is 0 Å².